The molecular formula is C18H22N2O2. The van der Waals surface area contributed by atoms with Crippen LogP contribution in [0.25, 0.3) is 0 Å². The molecule has 0 bridgehead atoms. The molecule has 0 saturated carbocycles. The number of benzene rings is 2. The van der Waals surface area contributed by atoms with E-state index in [-0.39, 0.29) is 12.5 Å². The van der Waals surface area contributed by atoms with Crippen molar-refractivity contribution in [3.63, 3.8) is 0 Å². The molecule has 1 amide bonds. The van der Waals surface area contributed by atoms with Crippen molar-refractivity contribution < 1.29 is 9.53 Å². The lowest BCUT2D eigenvalue weighted by molar-refractivity contribution is -0.119. The molecule has 0 aliphatic rings. The van der Waals surface area contributed by atoms with E-state index in [2.05, 4.69) is 10.6 Å². The molecule has 2 N–H and O–H groups in total. The molecule has 4 heteroatoms. The summed E-state index contributed by atoms with van der Waals surface area (Å²) in [7, 11) is 0. The zero-order valence-corrected chi connectivity index (χ0v) is 12.8. The highest BCUT2D eigenvalue weighted by Gasteiger charge is 2.00. The molecule has 4 nitrogen and oxygen atoms in total. The third-order valence-electron chi connectivity index (χ3n) is 3.13. The molecule has 0 radical (unpaired) electrons. The van der Waals surface area contributed by atoms with E-state index >= 15 is 0 Å². The molecule has 0 spiro atoms. The maximum atomic E-state index is 11.5. The van der Waals surface area contributed by atoms with Gasteiger partial charge in [-0.2, -0.15) is 0 Å². The number of nitrogens with one attached hydrogen (secondary N) is 2. The zero-order chi connectivity index (χ0) is 15.6. The minimum absolute atomic E-state index is 0.00579. The van der Waals surface area contributed by atoms with Gasteiger partial charge in [-0.3, -0.25) is 4.79 Å². The fourth-order valence-electron chi connectivity index (χ4n) is 1.92. The van der Waals surface area contributed by atoms with Crippen LogP contribution in [-0.4, -0.2) is 19.0 Å². The molecule has 0 heterocycles. The number of amides is 1. The first-order chi connectivity index (χ1) is 10.8. The number of hydrogen-bond donors (Lipinski definition) is 2. The van der Waals surface area contributed by atoms with Gasteiger partial charge in [-0.05, 0) is 36.2 Å². The smallest absolute Gasteiger partial charge is 0.239 e. The highest BCUT2D eigenvalue weighted by molar-refractivity contribution is 5.80. The first-order valence-corrected chi connectivity index (χ1v) is 7.55. The SMILES string of the molecule is CCCNC(=O)CNc1ccc(OCc2ccccc2)cc1. The summed E-state index contributed by atoms with van der Waals surface area (Å²) in [5, 5.41) is 5.91. The summed E-state index contributed by atoms with van der Waals surface area (Å²) in [5.74, 6) is 0.816. The summed E-state index contributed by atoms with van der Waals surface area (Å²) < 4.78 is 5.72. The summed E-state index contributed by atoms with van der Waals surface area (Å²) in [6, 6.07) is 17.7. The Morgan fingerprint density at radius 2 is 1.77 bits per heavy atom. The second-order valence-corrected chi connectivity index (χ2v) is 5.00. The van der Waals surface area contributed by atoms with E-state index in [0.717, 1.165) is 23.4 Å². The van der Waals surface area contributed by atoms with Crippen LogP contribution < -0.4 is 15.4 Å². The number of carbonyl (C=O) groups is 1. The Balaban J connectivity index is 1.76. The van der Waals surface area contributed by atoms with Crippen LogP contribution in [0.1, 0.15) is 18.9 Å². The van der Waals surface area contributed by atoms with Crippen molar-refractivity contribution in [1.82, 2.24) is 5.32 Å². The van der Waals surface area contributed by atoms with Crippen molar-refractivity contribution >= 4 is 11.6 Å². The van der Waals surface area contributed by atoms with Gasteiger partial charge in [-0.1, -0.05) is 37.3 Å². The van der Waals surface area contributed by atoms with E-state index in [4.69, 9.17) is 4.74 Å². The van der Waals surface area contributed by atoms with Gasteiger partial charge in [0.2, 0.25) is 5.91 Å². The normalized spacial score (nSPS) is 10.0. The Hall–Kier alpha value is -2.49. The lowest BCUT2D eigenvalue weighted by atomic mass is 10.2. The molecular weight excluding hydrogens is 276 g/mol. The quantitative estimate of drug-likeness (QED) is 0.787. The van der Waals surface area contributed by atoms with Crippen LogP contribution in [0.15, 0.2) is 54.6 Å². The first kappa shape index (κ1) is 15.9. The lowest BCUT2D eigenvalue weighted by Gasteiger charge is -2.09. The zero-order valence-electron chi connectivity index (χ0n) is 12.8. The predicted molar refractivity (Wildman–Crippen MR) is 89.0 cm³/mol. The highest BCUT2D eigenvalue weighted by Crippen LogP contribution is 2.16. The van der Waals surface area contributed by atoms with Crippen LogP contribution in [0.3, 0.4) is 0 Å². The second kappa shape index (κ2) is 8.72. The van der Waals surface area contributed by atoms with E-state index in [1.165, 1.54) is 0 Å². The molecule has 0 aliphatic carbocycles. The van der Waals surface area contributed by atoms with E-state index in [1.54, 1.807) is 0 Å². The molecule has 2 aromatic rings. The van der Waals surface area contributed by atoms with Crippen LogP contribution in [0.2, 0.25) is 0 Å². The fourth-order valence-corrected chi connectivity index (χ4v) is 1.92. The minimum Gasteiger partial charge on any atom is -0.489 e. The average Bonchev–Trinajstić information content (AvgIpc) is 2.58. The summed E-state index contributed by atoms with van der Waals surface area (Å²) in [6.07, 6.45) is 0.944. The van der Waals surface area contributed by atoms with Crippen LogP contribution in [-0.2, 0) is 11.4 Å². The molecule has 0 atom stereocenters. The molecule has 0 saturated heterocycles. The number of hydrogen-bond acceptors (Lipinski definition) is 3. The molecule has 0 fully saturated rings. The Kier molecular flexibility index (Phi) is 6.30. The molecule has 0 aromatic heterocycles. The molecule has 0 aliphatic heterocycles. The van der Waals surface area contributed by atoms with Crippen LogP contribution in [0, 0.1) is 0 Å². The van der Waals surface area contributed by atoms with Crippen LogP contribution in [0.5, 0.6) is 5.75 Å². The Morgan fingerprint density at radius 1 is 1.05 bits per heavy atom. The van der Waals surface area contributed by atoms with Gasteiger partial charge in [-0.25, -0.2) is 0 Å². The number of carbonyl (C=O) groups excluding carboxylic acids is 1. The van der Waals surface area contributed by atoms with Gasteiger partial charge in [0.25, 0.3) is 0 Å². The van der Waals surface area contributed by atoms with Crippen molar-refractivity contribution in [1.29, 1.82) is 0 Å². The fraction of sp³-hybridized carbons (Fsp3) is 0.278. The average molecular weight is 298 g/mol. The largest absolute Gasteiger partial charge is 0.489 e. The van der Waals surface area contributed by atoms with E-state index in [9.17, 15) is 4.79 Å². The maximum Gasteiger partial charge on any atom is 0.239 e. The van der Waals surface area contributed by atoms with Gasteiger partial charge in [0, 0.05) is 12.2 Å². The Bertz CT molecular complexity index is 567. The third-order valence-corrected chi connectivity index (χ3v) is 3.13. The van der Waals surface area contributed by atoms with Crippen molar-refractivity contribution in [2.75, 3.05) is 18.4 Å². The van der Waals surface area contributed by atoms with Gasteiger partial charge in [-0.15, -0.1) is 0 Å². The maximum absolute atomic E-state index is 11.5. The van der Waals surface area contributed by atoms with Gasteiger partial charge in [0.1, 0.15) is 12.4 Å². The molecule has 0 unspecified atom stereocenters. The lowest BCUT2D eigenvalue weighted by Crippen LogP contribution is -2.30. The van der Waals surface area contributed by atoms with Crippen LogP contribution in [0.4, 0.5) is 5.69 Å². The summed E-state index contributed by atoms with van der Waals surface area (Å²) in [4.78, 5) is 11.5. The topological polar surface area (TPSA) is 50.4 Å². The van der Waals surface area contributed by atoms with Crippen molar-refractivity contribution in [3.8, 4) is 5.75 Å². The van der Waals surface area contributed by atoms with Crippen molar-refractivity contribution in [2.45, 2.75) is 20.0 Å². The van der Waals surface area contributed by atoms with Crippen molar-refractivity contribution in [2.24, 2.45) is 0 Å². The van der Waals surface area contributed by atoms with E-state index in [1.807, 2.05) is 61.5 Å². The van der Waals surface area contributed by atoms with Crippen molar-refractivity contribution in [3.05, 3.63) is 60.2 Å². The number of ether oxygens (including phenoxy) is 1. The second-order valence-electron chi connectivity index (χ2n) is 5.00. The van der Waals surface area contributed by atoms with Gasteiger partial charge < -0.3 is 15.4 Å². The number of rotatable bonds is 8. The monoisotopic (exact) mass is 298 g/mol. The third kappa shape index (κ3) is 5.48. The van der Waals surface area contributed by atoms with Gasteiger partial charge in [0.05, 0.1) is 6.54 Å². The summed E-state index contributed by atoms with van der Waals surface area (Å²) in [6.45, 7) is 3.58. The summed E-state index contributed by atoms with van der Waals surface area (Å²) in [5.41, 5.74) is 2.04. The Labute approximate surface area is 131 Å². The molecule has 22 heavy (non-hydrogen) atoms. The van der Waals surface area contributed by atoms with Crippen LogP contribution >= 0.6 is 0 Å². The predicted octanol–water partition coefficient (Wildman–Crippen LogP) is 3.20. The van der Waals surface area contributed by atoms with E-state index < -0.39 is 0 Å². The molecule has 116 valence electrons. The van der Waals surface area contributed by atoms with E-state index in [0.29, 0.717) is 13.2 Å². The summed E-state index contributed by atoms with van der Waals surface area (Å²) >= 11 is 0. The standard InChI is InChI=1S/C18H22N2O2/c1-2-12-19-18(21)13-20-16-8-10-17(11-9-16)22-14-15-6-4-3-5-7-15/h3-11,20H,2,12-14H2,1H3,(H,19,21). The Morgan fingerprint density at radius 3 is 2.45 bits per heavy atom. The number of anilines is 1. The van der Waals surface area contributed by atoms with Gasteiger partial charge >= 0.3 is 0 Å². The minimum atomic E-state index is 0.00579. The van der Waals surface area contributed by atoms with Gasteiger partial charge in [0.15, 0.2) is 0 Å². The first-order valence-electron chi connectivity index (χ1n) is 7.55. The molecule has 2 aromatic carbocycles. The molecule has 2 rings (SSSR count). The highest BCUT2D eigenvalue weighted by atomic mass is 16.5.